The van der Waals surface area contributed by atoms with Gasteiger partial charge in [-0.1, -0.05) is 77.7 Å². The van der Waals surface area contributed by atoms with Crippen molar-refractivity contribution in [1.82, 2.24) is 4.90 Å². The zero-order valence-corrected chi connectivity index (χ0v) is 19.9. The average molecular weight is 416 g/mol. The number of ether oxygens (including phenoxy) is 2. The first kappa shape index (κ1) is 26.2. The van der Waals surface area contributed by atoms with Gasteiger partial charge in [0.25, 0.3) is 0 Å². The Morgan fingerprint density at radius 3 is 2.23 bits per heavy atom. The van der Waals surface area contributed by atoms with E-state index < -0.39 is 10.7 Å². The van der Waals surface area contributed by atoms with Crippen LogP contribution in [0.25, 0.3) is 0 Å². The Morgan fingerprint density at radius 2 is 1.70 bits per heavy atom. The predicted octanol–water partition coefficient (Wildman–Crippen LogP) is 4.91. The lowest BCUT2D eigenvalue weighted by Crippen LogP contribution is -2.35. The second-order valence-electron chi connectivity index (χ2n) is 9.10. The van der Waals surface area contributed by atoms with Crippen LogP contribution in [0.2, 0.25) is 11.6 Å². The monoisotopic (exact) mass is 416 g/mol. The Morgan fingerprint density at radius 1 is 1.07 bits per heavy atom. The van der Waals surface area contributed by atoms with Crippen molar-refractivity contribution >= 4 is 19.2 Å². The van der Waals surface area contributed by atoms with Gasteiger partial charge in [-0.2, -0.15) is 0 Å². The van der Waals surface area contributed by atoms with Gasteiger partial charge in [0.15, 0.2) is 0 Å². The molecule has 0 N–H and O–H groups in total. The van der Waals surface area contributed by atoms with Crippen LogP contribution in [0.3, 0.4) is 0 Å². The van der Waals surface area contributed by atoms with Crippen molar-refractivity contribution < 1.29 is 19.1 Å². The molecule has 0 fully saturated rings. The first-order chi connectivity index (χ1) is 14.1. The van der Waals surface area contributed by atoms with Gasteiger partial charge in [0.1, 0.15) is 20.0 Å². The molecule has 0 aliphatic rings. The Kier molecular flexibility index (Phi) is 10.6. The first-order valence-electron chi connectivity index (χ1n) is 11.0. The predicted molar refractivity (Wildman–Crippen MR) is 123 cm³/mol. The summed E-state index contributed by atoms with van der Waals surface area (Å²) in [5.41, 5.74) is 0.275. The summed E-state index contributed by atoms with van der Waals surface area (Å²) in [7, 11) is 5.80. The number of nitrogens with zero attached hydrogens (tertiary/aromatic N) is 1. The number of rotatable bonds is 13. The maximum absolute atomic E-state index is 13.0. The molecule has 1 aromatic rings. The van der Waals surface area contributed by atoms with Crippen LogP contribution in [-0.2, 0) is 19.1 Å². The normalized spacial score (nSPS) is 14.7. The third-order valence-corrected chi connectivity index (χ3v) is 5.56. The van der Waals surface area contributed by atoms with Gasteiger partial charge in [0.05, 0.1) is 5.41 Å². The van der Waals surface area contributed by atoms with E-state index in [9.17, 15) is 9.59 Å². The minimum absolute atomic E-state index is 0.246. The number of carbonyl (C=O) groups is 2. The average Bonchev–Trinajstić information content (AvgIpc) is 2.71. The summed E-state index contributed by atoms with van der Waals surface area (Å²) in [6, 6.07) is 9.85. The number of esters is 2. The fourth-order valence-electron chi connectivity index (χ4n) is 2.93. The van der Waals surface area contributed by atoms with E-state index in [2.05, 4.69) is 6.92 Å². The molecule has 0 aliphatic carbocycles. The number of benzene rings is 1. The van der Waals surface area contributed by atoms with Crippen LogP contribution in [0.4, 0.5) is 0 Å². The second-order valence-corrected chi connectivity index (χ2v) is 9.10. The van der Waals surface area contributed by atoms with Crippen molar-refractivity contribution in [3.05, 3.63) is 35.9 Å². The molecule has 5 nitrogen and oxygen atoms in total. The molecule has 0 spiro atoms. The maximum Gasteiger partial charge on any atom is 0.311 e. The summed E-state index contributed by atoms with van der Waals surface area (Å²) in [6.45, 7) is 10.7. The number of hydrogen-bond acceptors (Lipinski definition) is 5. The van der Waals surface area contributed by atoms with Crippen LogP contribution in [-0.4, -0.2) is 51.4 Å². The maximum atomic E-state index is 13.0. The van der Waals surface area contributed by atoms with Crippen molar-refractivity contribution in [3.8, 4) is 0 Å². The SMILES string of the molecule is CCCC(OC(=O)C(C)(C)C[B]C(C)(CC)C(=O)OCCN(C)C)c1ccccc1. The largest absolute Gasteiger partial charge is 0.464 e. The van der Waals surface area contributed by atoms with E-state index in [0.717, 1.165) is 18.4 Å². The number of carbonyl (C=O) groups excluding carboxylic acids is 2. The molecule has 1 rings (SSSR count). The van der Waals surface area contributed by atoms with Crippen LogP contribution in [0.1, 0.15) is 65.5 Å². The summed E-state index contributed by atoms with van der Waals surface area (Å²) < 4.78 is 11.4. The van der Waals surface area contributed by atoms with E-state index in [4.69, 9.17) is 9.47 Å². The highest BCUT2D eigenvalue weighted by molar-refractivity contribution is 6.47. The van der Waals surface area contributed by atoms with Crippen molar-refractivity contribution in [2.24, 2.45) is 5.41 Å². The molecule has 1 radical (unpaired) electrons. The second kappa shape index (κ2) is 12.1. The van der Waals surface area contributed by atoms with E-state index in [1.165, 1.54) is 0 Å². The summed E-state index contributed by atoms with van der Waals surface area (Å²) >= 11 is 0. The molecular formula is C24H39BNO4. The summed E-state index contributed by atoms with van der Waals surface area (Å²) in [6.07, 6.45) is 2.50. The van der Waals surface area contributed by atoms with Crippen LogP contribution < -0.4 is 0 Å². The third-order valence-electron chi connectivity index (χ3n) is 5.56. The van der Waals surface area contributed by atoms with Gasteiger partial charge in [0, 0.05) is 11.9 Å². The molecule has 0 saturated carbocycles. The molecule has 0 aromatic heterocycles. The Balaban J connectivity index is 2.74. The van der Waals surface area contributed by atoms with E-state index in [0.29, 0.717) is 25.9 Å². The molecule has 167 valence electrons. The lowest BCUT2D eigenvalue weighted by molar-refractivity contribution is -0.159. The van der Waals surface area contributed by atoms with Crippen molar-refractivity contribution in [2.75, 3.05) is 27.2 Å². The van der Waals surface area contributed by atoms with Crippen LogP contribution in [0, 0.1) is 5.41 Å². The van der Waals surface area contributed by atoms with Gasteiger partial charge >= 0.3 is 11.9 Å². The minimum atomic E-state index is -0.735. The van der Waals surface area contributed by atoms with E-state index in [-0.39, 0.29) is 18.0 Å². The van der Waals surface area contributed by atoms with Gasteiger partial charge in [-0.25, -0.2) is 0 Å². The fraction of sp³-hybridized carbons (Fsp3) is 0.667. The Bertz CT molecular complexity index is 662. The molecule has 0 saturated heterocycles. The molecule has 1 aromatic carbocycles. The minimum Gasteiger partial charge on any atom is -0.464 e. The van der Waals surface area contributed by atoms with Gasteiger partial charge in [0.2, 0.25) is 0 Å². The van der Waals surface area contributed by atoms with Crippen molar-refractivity contribution in [3.63, 3.8) is 0 Å². The highest BCUT2D eigenvalue weighted by Crippen LogP contribution is 2.37. The highest BCUT2D eigenvalue weighted by Gasteiger charge is 2.39. The molecule has 6 heteroatoms. The first-order valence-corrected chi connectivity index (χ1v) is 11.0. The van der Waals surface area contributed by atoms with Gasteiger partial charge in [-0.15, -0.1) is 0 Å². The Hall–Kier alpha value is -1.82. The number of likely N-dealkylation sites (N-methyl/N-ethyl adjacent to an activating group) is 1. The lowest BCUT2D eigenvalue weighted by atomic mass is 9.46. The van der Waals surface area contributed by atoms with E-state index in [1.807, 2.05) is 84.3 Å². The molecule has 0 bridgehead atoms. The number of hydrogen-bond donors (Lipinski definition) is 0. The van der Waals surface area contributed by atoms with Crippen LogP contribution in [0.15, 0.2) is 30.3 Å². The standard InChI is InChI=1S/C24H39BNO4/c1-8-13-20(19-14-11-10-12-15-19)30-21(27)23(3,4)18-25-24(5,9-2)22(28)29-17-16-26(6)7/h10-12,14-15,20H,8-9,13,16-18H2,1-7H3. The third kappa shape index (κ3) is 8.13. The van der Waals surface area contributed by atoms with Crippen LogP contribution in [0.5, 0.6) is 0 Å². The van der Waals surface area contributed by atoms with Crippen molar-refractivity contribution in [2.45, 2.75) is 71.6 Å². The van der Waals surface area contributed by atoms with Crippen LogP contribution >= 0.6 is 0 Å². The zero-order chi connectivity index (χ0) is 22.8. The quantitative estimate of drug-likeness (QED) is 0.338. The molecule has 30 heavy (non-hydrogen) atoms. The van der Waals surface area contributed by atoms with Gasteiger partial charge in [-0.3, -0.25) is 9.59 Å². The van der Waals surface area contributed by atoms with E-state index >= 15 is 0 Å². The Labute approximate surface area is 183 Å². The zero-order valence-electron chi connectivity index (χ0n) is 19.9. The lowest BCUT2D eigenvalue weighted by Gasteiger charge is -2.31. The van der Waals surface area contributed by atoms with Gasteiger partial charge < -0.3 is 14.4 Å². The molecule has 2 atom stereocenters. The highest BCUT2D eigenvalue weighted by atomic mass is 16.5. The summed E-state index contributed by atoms with van der Waals surface area (Å²) in [4.78, 5) is 27.6. The topological polar surface area (TPSA) is 55.8 Å². The molecule has 2 unspecified atom stereocenters. The fourth-order valence-corrected chi connectivity index (χ4v) is 2.93. The molecule has 0 aliphatic heterocycles. The van der Waals surface area contributed by atoms with Crippen molar-refractivity contribution in [1.29, 1.82) is 0 Å². The molecule has 0 heterocycles. The summed E-state index contributed by atoms with van der Waals surface area (Å²) in [5, 5.41) is -0.730. The van der Waals surface area contributed by atoms with E-state index in [1.54, 1.807) is 0 Å². The smallest absolute Gasteiger partial charge is 0.311 e. The summed E-state index contributed by atoms with van der Waals surface area (Å²) in [5.74, 6) is -0.496. The van der Waals surface area contributed by atoms with Gasteiger partial charge in [-0.05, 0) is 32.5 Å². The molecule has 0 amide bonds. The molecular weight excluding hydrogens is 377 g/mol.